The predicted molar refractivity (Wildman–Crippen MR) is 77.4 cm³/mol. The van der Waals surface area contributed by atoms with Crippen molar-refractivity contribution < 1.29 is 13.2 Å². The summed E-state index contributed by atoms with van der Waals surface area (Å²) in [4.78, 5) is 0.354. The third-order valence-corrected chi connectivity index (χ3v) is 5.34. The average Bonchev–Trinajstić information content (AvgIpc) is 3.08. The molecule has 5 nitrogen and oxygen atoms in total. The minimum absolute atomic E-state index is 0.210. The van der Waals surface area contributed by atoms with Crippen LogP contribution in [0, 0.1) is 0 Å². The van der Waals surface area contributed by atoms with Gasteiger partial charge in [0.2, 0.25) is 10.0 Å². The second-order valence-corrected chi connectivity index (χ2v) is 7.08. The molecular formula is C14H20N2O3S. The Morgan fingerprint density at radius 3 is 3.10 bits per heavy atom. The molecule has 1 aromatic carbocycles. The van der Waals surface area contributed by atoms with Gasteiger partial charge in [0.1, 0.15) is 0 Å². The normalized spacial score (nSPS) is 21.7. The largest absolute Gasteiger partial charge is 0.384 e. The van der Waals surface area contributed by atoms with Crippen molar-refractivity contribution in [2.45, 2.75) is 36.7 Å². The fourth-order valence-corrected chi connectivity index (χ4v) is 3.86. The fraction of sp³-hybridized carbons (Fsp3) is 0.571. The number of ether oxygens (including phenoxy) is 1. The molecule has 0 amide bonds. The first-order valence-electron chi connectivity index (χ1n) is 7.13. The van der Waals surface area contributed by atoms with E-state index in [2.05, 4.69) is 10.0 Å². The standard InChI is InChI=1S/C14H20N2O3S/c17-20(18,16-8-6-12-2-1-9-19-12)13-3-4-14-11(10-13)5-7-15-14/h3-4,10,12,15-16H,1-2,5-9H2. The molecule has 3 rings (SSSR count). The molecule has 0 aromatic heterocycles. The van der Waals surface area contributed by atoms with Gasteiger partial charge >= 0.3 is 0 Å². The Hall–Kier alpha value is -1.11. The van der Waals surface area contributed by atoms with Gasteiger partial charge in [0.05, 0.1) is 11.0 Å². The van der Waals surface area contributed by atoms with Crippen LogP contribution in [0.15, 0.2) is 23.1 Å². The number of fused-ring (bicyclic) bond motifs is 1. The summed E-state index contributed by atoms with van der Waals surface area (Å²) in [6.07, 6.45) is 3.95. The Kier molecular flexibility index (Phi) is 3.96. The number of sulfonamides is 1. The lowest BCUT2D eigenvalue weighted by Crippen LogP contribution is -2.27. The Balaban J connectivity index is 1.62. The van der Waals surface area contributed by atoms with Crippen LogP contribution in [0.25, 0.3) is 0 Å². The summed E-state index contributed by atoms with van der Waals surface area (Å²) in [5, 5.41) is 3.23. The molecule has 2 aliphatic rings. The van der Waals surface area contributed by atoms with Crippen LogP contribution in [-0.2, 0) is 21.2 Å². The first kappa shape index (κ1) is 13.9. The zero-order valence-corrected chi connectivity index (χ0v) is 12.2. The summed E-state index contributed by atoms with van der Waals surface area (Å²) in [6.45, 7) is 2.11. The molecule has 1 unspecified atom stereocenters. The summed E-state index contributed by atoms with van der Waals surface area (Å²) in [6, 6.07) is 5.27. The molecule has 0 spiro atoms. The maximum Gasteiger partial charge on any atom is 0.240 e. The molecule has 0 radical (unpaired) electrons. The summed E-state index contributed by atoms with van der Waals surface area (Å²) in [7, 11) is -3.41. The first-order chi connectivity index (χ1) is 9.65. The molecule has 20 heavy (non-hydrogen) atoms. The van der Waals surface area contributed by atoms with Crippen LogP contribution in [0.5, 0.6) is 0 Å². The van der Waals surface area contributed by atoms with Gasteiger partial charge in [-0.15, -0.1) is 0 Å². The van der Waals surface area contributed by atoms with Crippen molar-refractivity contribution in [3.05, 3.63) is 23.8 Å². The van der Waals surface area contributed by atoms with Gasteiger partial charge in [0.25, 0.3) is 0 Å². The second kappa shape index (κ2) is 5.71. The van der Waals surface area contributed by atoms with Gasteiger partial charge in [-0.1, -0.05) is 0 Å². The van der Waals surface area contributed by atoms with Crippen LogP contribution in [0.4, 0.5) is 5.69 Å². The molecule has 0 bridgehead atoms. The Bertz CT molecular complexity index is 580. The van der Waals surface area contributed by atoms with Crippen molar-refractivity contribution in [1.82, 2.24) is 4.72 Å². The van der Waals surface area contributed by atoms with E-state index in [1.54, 1.807) is 12.1 Å². The number of benzene rings is 1. The third kappa shape index (κ3) is 2.97. The number of rotatable bonds is 5. The van der Waals surface area contributed by atoms with Gasteiger partial charge in [0.15, 0.2) is 0 Å². The smallest absolute Gasteiger partial charge is 0.240 e. The van der Waals surface area contributed by atoms with Gasteiger partial charge in [-0.05, 0) is 49.4 Å². The molecule has 0 aliphatic carbocycles. The van der Waals surface area contributed by atoms with E-state index < -0.39 is 10.0 Å². The highest BCUT2D eigenvalue weighted by Gasteiger charge is 2.20. The Morgan fingerprint density at radius 1 is 1.40 bits per heavy atom. The minimum Gasteiger partial charge on any atom is -0.384 e. The van der Waals surface area contributed by atoms with E-state index in [0.29, 0.717) is 11.4 Å². The molecule has 1 fully saturated rings. The number of hydrogen-bond donors (Lipinski definition) is 2. The highest BCUT2D eigenvalue weighted by Crippen LogP contribution is 2.25. The van der Waals surface area contributed by atoms with E-state index in [4.69, 9.17) is 4.74 Å². The van der Waals surface area contributed by atoms with Gasteiger partial charge in [-0.25, -0.2) is 13.1 Å². The first-order valence-corrected chi connectivity index (χ1v) is 8.61. The Morgan fingerprint density at radius 2 is 2.30 bits per heavy atom. The summed E-state index contributed by atoms with van der Waals surface area (Å²) in [5.41, 5.74) is 2.12. The topological polar surface area (TPSA) is 67.4 Å². The van der Waals surface area contributed by atoms with Crippen molar-refractivity contribution in [1.29, 1.82) is 0 Å². The van der Waals surface area contributed by atoms with Crippen LogP contribution in [0.2, 0.25) is 0 Å². The average molecular weight is 296 g/mol. The van der Waals surface area contributed by atoms with Crippen LogP contribution < -0.4 is 10.0 Å². The van der Waals surface area contributed by atoms with Crippen LogP contribution in [0.1, 0.15) is 24.8 Å². The van der Waals surface area contributed by atoms with E-state index in [9.17, 15) is 8.42 Å². The third-order valence-electron chi connectivity index (χ3n) is 3.88. The van der Waals surface area contributed by atoms with E-state index in [-0.39, 0.29) is 6.10 Å². The van der Waals surface area contributed by atoms with Gasteiger partial charge < -0.3 is 10.1 Å². The molecule has 1 aromatic rings. The quantitative estimate of drug-likeness (QED) is 0.864. The molecule has 1 atom stereocenters. The SMILES string of the molecule is O=S(=O)(NCCC1CCCO1)c1ccc2c(c1)CCN2. The van der Waals surface area contributed by atoms with Crippen molar-refractivity contribution >= 4 is 15.7 Å². The van der Waals surface area contributed by atoms with Gasteiger partial charge in [0, 0.05) is 25.4 Å². The zero-order valence-electron chi connectivity index (χ0n) is 11.4. The van der Waals surface area contributed by atoms with Crippen LogP contribution in [0.3, 0.4) is 0 Å². The second-order valence-electron chi connectivity index (χ2n) is 5.32. The summed E-state index contributed by atoms with van der Waals surface area (Å²) in [5.74, 6) is 0. The number of hydrogen-bond acceptors (Lipinski definition) is 4. The van der Waals surface area contributed by atoms with E-state index in [1.807, 2.05) is 6.07 Å². The lowest BCUT2D eigenvalue weighted by molar-refractivity contribution is 0.105. The summed E-state index contributed by atoms with van der Waals surface area (Å²) < 4.78 is 32.6. The molecule has 110 valence electrons. The van der Waals surface area contributed by atoms with E-state index >= 15 is 0 Å². The Labute approximate surface area is 119 Å². The lowest BCUT2D eigenvalue weighted by Gasteiger charge is -2.11. The number of nitrogens with one attached hydrogen (secondary N) is 2. The molecular weight excluding hydrogens is 276 g/mol. The molecule has 1 saturated heterocycles. The van der Waals surface area contributed by atoms with Crippen molar-refractivity contribution in [3.63, 3.8) is 0 Å². The predicted octanol–water partition coefficient (Wildman–Crippen LogP) is 1.50. The molecule has 6 heteroatoms. The van der Waals surface area contributed by atoms with Crippen molar-refractivity contribution in [2.75, 3.05) is 25.0 Å². The minimum atomic E-state index is -3.41. The number of anilines is 1. The van der Waals surface area contributed by atoms with Crippen molar-refractivity contribution in [3.8, 4) is 0 Å². The lowest BCUT2D eigenvalue weighted by atomic mass is 10.2. The fourth-order valence-electron chi connectivity index (χ4n) is 2.76. The van der Waals surface area contributed by atoms with Gasteiger partial charge in [-0.2, -0.15) is 0 Å². The highest BCUT2D eigenvalue weighted by atomic mass is 32.2. The maximum atomic E-state index is 12.2. The molecule has 2 N–H and O–H groups in total. The van der Waals surface area contributed by atoms with Crippen molar-refractivity contribution in [2.24, 2.45) is 0 Å². The monoisotopic (exact) mass is 296 g/mol. The summed E-state index contributed by atoms with van der Waals surface area (Å²) >= 11 is 0. The molecule has 0 saturated carbocycles. The van der Waals surface area contributed by atoms with Gasteiger partial charge in [-0.3, -0.25) is 0 Å². The molecule has 2 aliphatic heterocycles. The van der Waals surface area contributed by atoms with Crippen LogP contribution >= 0.6 is 0 Å². The van der Waals surface area contributed by atoms with Crippen LogP contribution in [-0.4, -0.2) is 34.2 Å². The highest BCUT2D eigenvalue weighted by molar-refractivity contribution is 7.89. The van der Waals surface area contributed by atoms with E-state index in [0.717, 1.165) is 50.1 Å². The molecule has 2 heterocycles. The zero-order chi connectivity index (χ0) is 14.0. The van der Waals surface area contributed by atoms with E-state index in [1.165, 1.54) is 0 Å². The maximum absolute atomic E-state index is 12.2.